The predicted octanol–water partition coefficient (Wildman–Crippen LogP) is 2.13. The first-order valence-electron chi connectivity index (χ1n) is 5.86. The van der Waals surface area contributed by atoms with Gasteiger partial charge >= 0.3 is 0 Å². The molecule has 1 fully saturated rings. The molecule has 0 unspecified atom stereocenters. The van der Waals surface area contributed by atoms with Crippen LogP contribution in [0.2, 0.25) is 0 Å². The number of aliphatic imine (C=N–C) groups is 1. The maximum Gasteiger partial charge on any atom is 0.139 e. The van der Waals surface area contributed by atoms with Crippen LogP contribution in [-0.2, 0) is 0 Å². The summed E-state index contributed by atoms with van der Waals surface area (Å²) < 4.78 is 3.87. The maximum absolute atomic E-state index is 5.94. The molecular formula is C11H18N4S. The number of rotatable bonds is 3. The smallest absolute Gasteiger partial charge is 0.139 e. The molecule has 0 bridgehead atoms. The zero-order valence-electron chi connectivity index (χ0n) is 9.65. The molecule has 1 aromatic rings. The molecule has 1 heterocycles. The van der Waals surface area contributed by atoms with E-state index in [-0.39, 0.29) is 0 Å². The van der Waals surface area contributed by atoms with Gasteiger partial charge in [-0.3, -0.25) is 4.99 Å². The van der Waals surface area contributed by atoms with Crippen molar-refractivity contribution < 1.29 is 0 Å². The van der Waals surface area contributed by atoms with E-state index in [1.807, 2.05) is 6.92 Å². The molecule has 0 radical (unpaired) electrons. The number of hydrogen-bond acceptors (Lipinski definition) is 4. The summed E-state index contributed by atoms with van der Waals surface area (Å²) in [5.41, 5.74) is 6.82. The average Bonchev–Trinajstić information content (AvgIpc) is 2.74. The fourth-order valence-corrected chi connectivity index (χ4v) is 2.71. The van der Waals surface area contributed by atoms with Crippen LogP contribution in [0.5, 0.6) is 0 Å². The number of nitrogens with zero attached hydrogens (tertiary/aromatic N) is 3. The van der Waals surface area contributed by atoms with E-state index in [0.29, 0.717) is 5.84 Å². The lowest BCUT2D eigenvalue weighted by molar-refractivity contribution is 0.367. The highest BCUT2D eigenvalue weighted by Crippen LogP contribution is 2.23. The van der Waals surface area contributed by atoms with Gasteiger partial charge in [-0.25, -0.2) is 0 Å². The Morgan fingerprint density at radius 1 is 1.44 bits per heavy atom. The van der Waals surface area contributed by atoms with E-state index in [0.717, 1.165) is 23.0 Å². The summed E-state index contributed by atoms with van der Waals surface area (Å²) >= 11 is 1.33. The van der Waals surface area contributed by atoms with Crippen molar-refractivity contribution in [3.05, 3.63) is 10.6 Å². The SMILES string of the molecule is Cc1nnsc1C(N)=NCC1CCCCC1. The third kappa shape index (κ3) is 2.78. The van der Waals surface area contributed by atoms with E-state index in [1.54, 1.807) is 0 Å². The third-order valence-corrected chi connectivity index (χ3v) is 3.98. The molecule has 1 saturated carbocycles. The van der Waals surface area contributed by atoms with Crippen LogP contribution in [0.3, 0.4) is 0 Å². The molecule has 1 aliphatic rings. The van der Waals surface area contributed by atoms with Gasteiger partial charge in [-0.05, 0) is 37.2 Å². The number of aryl methyl sites for hydroxylation is 1. The van der Waals surface area contributed by atoms with Gasteiger partial charge in [0.2, 0.25) is 0 Å². The van der Waals surface area contributed by atoms with Gasteiger partial charge in [0.05, 0.1) is 5.69 Å². The van der Waals surface area contributed by atoms with Gasteiger partial charge in [0.15, 0.2) is 0 Å². The second-order valence-corrected chi connectivity index (χ2v) is 5.17. The van der Waals surface area contributed by atoms with Crippen molar-refractivity contribution in [2.24, 2.45) is 16.6 Å². The molecule has 0 amide bonds. The zero-order chi connectivity index (χ0) is 11.4. The molecule has 0 aliphatic heterocycles. The Labute approximate surface area is 100 Å². The van der Waals surface area contributed by atoms with Gasteiger partial charge in [-0.2, -0.15) is 0 Å². The Morgan fingerprint density at radius 3 is 2.81 bits per heavy atom. The molecule has 1 aliphatic carbocycles. The Bertz CT molecular complexity index is 366. The molecule has 0 aromatic carbocycles. The number of amidine groups is 1. The maximum atomic E-state index is 5.94. The van der Waals surface area contributed by atoms with Crippen LogP contribution >= 0.6 is 11.5 Å². The first-order valence-corrected chi connectivity index (χ1v) is 6.64. The van der Waals surface area contributed by atoms with Crippen LogP contribution in [0.4, 0.5) is 0 Å². The van der Waals surface area contributed by atoms with Crippen LogP contribution in [0.25, 0.3) is 0 Å². The minimum atomic E-state index is 0.609. The summed E-state index contributed by atoms with van der Waals surface area (Å²) in [4.78, 5) is 5.40. The Balaban J connectivity index is 1.94. The molecule has 4 nitrogen and oxygen atoms in total. The summed E-state index contributed by atoms with van der Waals surface area (Å²) in [5.74, 6) is 1.34. The minimum absolute atomic E-state index is 0.609. The molecule has 0 atom stereocenters. The van der Waals surface area contributed by atoms with E-state index in [2.05, 4.69) is 14.6 Å². The number of hydrogen-bond donors (Lipinski definition) is 1. The topological polar surface area (TPSA) is 64.2 Å². The van der Waals surface area contributed by atoms with E-state index in [9.17, 15) is 0 Å². The van der Waals surface area contributed by atoms with Gasteiger partial charge < -0.3 is 5.73 Å². The van der Waals surface area contributed by atoms with E-state index in [4.69, 9.17) is 5.73 Å². The van der Waals surface area contributed by atoms with E-state index in [1.165, 1.54) is 43.6 Å². The van der Waals surface area contributed by atoms with Gasteiger partial charge in [0.1, 0.15) is 10.7 Å². The van der Waals surface area contributed by atoms with Gasteiger partial charge in [-0.1, -0.05) is 23.8 Å². The summed E-state index contributed by atoms with van der Waals surface area (Å²) in [6.45, 7) is 2.78. The second kappa shape index (κ2) is 5.39. The molecule has 16 heavy (non-hydrogen) atoms. The summed E-state index contributed by atoms with van der Waals surface area (Å²) in [7, 11) is 0. The molecule has 5 heteroatoms. The molecule has 1 aromatic heterocycles. The van der Waals surface area contributed by atoms with Crippen molar-refractivity contribution in [2.45, 2.75) is 39.0 Å². The third-order valence-electron chi connectivity index (χ3n) is 3.13. The van der Waals surface area contributed by atoms with Crippen LogP contribution in [0, 0.1) is 12.8 Å². The first kappa shape index (κ1) is 11.5. The molecular weight excluding hydrogens is 220 g/mol. The second-order valence-electron chi connectivity index (χ2n) is 4.42. The largest absolute Gasteiger partial charge is 0.383 e. The Hall–Kier alpha value is -0.970. The highest BCUT2D eigenvalue weighted by atomic mass is 32.1. The first-order chi connectivity index (χ1) is 7.77. The Morgan fingerprint density at radius 2 is 2.19 bits per heavy atom. The van der Waals surface area contributed by atoms with Crippen molar-refractivity contribution >= 4 is 17.4 Å². The fourth-order valence-electron chi connectivity index (χ4n) is 2.14. The summed E-state index contributed by atoms with van der Waals surface area (Å²) in [5, 5.41) is 3.94. The molecule has 88 valence electrons. The molecule has 2 N–H and O–H groups in total. The van der Waals surface area contributed by atoms with Crippen LogP contribution in [0.15, 0.2) is 4.99 Å². The zero-order valence-corrected chi connectivity index (χ0v) is 10.5. The normalized spacial score (nSPS) is 18.9. The van der Waals surface area contributed by atoms with Crippen LogP contribution < -0.4 is 5.73 Å². The lowest BCUT2D eigenvalue weighted by atomic mass is 9.89. The van der Waals surface area contributed by atoms with Crippen molar-refractivity contribution in [1.29, 1.82) is 0 Å². The molecule has 2 rings (SSSR count). The van der Waals surface area contributed by atoms with E-state index < -0.39 is 0 Å². The van der Waals surface area contributed by atoms with Crippen molar-refractivity contribution in [2.75, 3.05) is 6.54 Å². The fraction of sp³-hybridized carbons (Fsp3) is 0.727. The van der Waals surface area contributed by atoms with Crippen LogP contribution in [-0.4, -0.2) is 22.0 Å². The molecule has 0 saturated heterocycles. The predicted molar refractivity (Wildman–Crippen MR) is 66.8 cm³/mol. The molecule has 0 spiro atoms. The summed E-state index contributed by atoms with van der Waals surface area (Å²) in [6.07, 6.45) is 6.68. The standard InChI is InChI=1S/C11H18N4S/c1-8-10(16-15-14-8)11(12)13-7-9-5-3-2-4-6-9/h9H,2-7H2,1H3,(H2,12,13). The lowest BCUT2D eigenvalue weighted by Crippen LogP contribution is -2.17. The minimum Gasteiger partial charge on any atom is -0.383 e. The van der Waals surface area contributed by atoms with E-state index >= 15 is 0 Å². The average molecular weight is 238 g/mol. The quantitative estimate of drug-likeness (QED) is 0.648. The van der Waals surface area contributed by atoms with Gasteiger partial charge in [0.25, 0.3) is 0 Å². The highest BCUT2D eigenvalue weighted by molar-refractivity contribution is 7.08. The Kier molecular flexibility index (Phi) is 3.88. The van der Waals surface area contributed by atoms with Gasteiger partial charge in [0, 0.05) is 6.54 Å². The lowest BCUT2D eigenvalue weighted by Gasteiger charge is -2.19. The highest BCUT2D eigenvalue weighted by Gasteiger charge is 2.13. The summed E-state index contributed by atoms with van der Waals surface area (Å²) in [6, 6.07) is 0. The van der Waals surface area contributed by atoms with Gasteiger partial charge in [-0.15, -0.1) is 5.10 Å². The van der Waals surface area contributed by atoms with Crippen LogP contribution in [0.1, 0.15) is 42.7 Å². The number of nitrogens with two attached hydrogens (primary N) is 1. The van der Waals surface area contributed by atoms with Crippen molar-refractivity contribution in [1.82, 2.24) is 9.59 Å². The van der Waals surface area contributed by atoms with Crippen molar-refractivity contribution in [3.8, 4) is 0 Å². The monoisotopic (exact) mass is 238 g/mol. The number of aromatic nitrogens is 2. The van der Waals surface area contributed by atoms with Crippen molar-refractivity contribution in [3.63, 3.8) is 0 Å².